The van der Waals surface area contributed by atoms with Gasteiger partial charge in [0.1, 0.15) is 12.1 Å². The Balaban J connectivity index is 1.31. The molecule has 9 heteroatoms. The molecular formula is C26H36N6O3. The highest BCUT2D eigenvalue weighted by molar-refractivity contribution is 5.90. The van der Waals surface area contributed by atoms with Gasteiger partial charge in [0, 0.05) is 49.4 Å². The Morgan fingerprint density at radius 2 is 2.06 bits per heavy atom. The number of aromatic nitrogens is 4. The van der Waals surface area contributed by atoms with E-state index in [1.807, 2.05) is 33.0 Å². The van der Waals surface area contributed by atoms with Crippen molar-refractivity contribution >= 4 is 11.8 Å². The van der Waals surface area contributed by atoms with Gasteiger partial charge in [-0.15, -0.1) is 5.10 Å². The molecule has 2 aliphatic carbocycles. The number of nitrogens with zero attached hydrogens (tertiary/aromatic N) is 5. The van der Waals surface area contributed by atoms with E-state index in [9.17, 15) is 14.7 Å². The standard InChI is InChI=1S/C26H36N6O3/c1-26(2,3)23(32-15-20(29-30-32)16-9-10-16)25(35)31-14-19(33)12-21(31)24(34)28-13-18-7-4-6-17-8-5-11-27-22(17)18/h5,8,11,15-16,18-19,21,23,33H,4,6-7,9-10,12-14H2,1-3H3,(H,28,34)/t18?,19?,21?,23-/m0/s1. The number of pyridine rings is 1. The Hall–Kier alpha value is -2.81. The minimum Gasteiger partial charge on any atom is -0.391 e. The largest absolute Gasteiger partial charge is 0.391 e. The van der Waals surface area contributed by atoms with Gasteiger partial charge in [0.15, 0.2) is 0 Å². The van der Waals surface area contributed by atoms with Crippen LogP contribution < -0.4 is 5.32 Å². The van der Waals surface area contributed by atoms with Crippen molar-refractivity contribution in [2.45, 2.75) is 89.3 Å². The first-order valence-corrected chi connectivity index (χ1v) is 12.8. The molecular weight excluding hydrogens is 444 g/mol. The van der Waals surface area contributed by atoms with E-state index in [0.29, 0.717) is 12.5 Å². The van der Waals surface area contributed by atoms with Gasteiger partial charge in [0.25, 0.3) is 0 Å². The molecule has 0 aromatic carbocycles. The van der Waals surface area contributed by atoms with Crippen LogP contribution in [-0.4, -0.2) is 67.0 Å². The number of rotatable bonds is 6. The molecule has 35 heavy (non-hydrogen) atoms. The first kappa shape index (κ1) is 23.9. The fourth-order valence-corrected chi connectivity index (χ4v) is 5.57. The van der Waals surface area contributed by atoms with E-state index < -0.39 is 23.6 Å². The predicted molar refractivity (Wildman–Crippen MR) is 130 cm³/mol. The normalized spacial score (nSPS) is 25.3. The lowest BCUT2D eigenvalue weighted by atomic mass is 9.85. The quantitative estimate of drug-likeness (QED) is 0.656. The third-order valence-electron chi connectivity index (χ3n) is 7.54. The minimum atomic E-state index is -0.731. The molecule has 188 valence electrons. The predicted octanol–water partition coefficient (Wildman–Crippen LogP) is 2.34. The highest BCUT2D eigenvalue weighted by Crippen LogP contribution is 2.40. The molecule has 0 bridgehead atoms. The van der Waals surface area contributed by atoms with Crippen molar-refractivity contribution in [1.29, 1.82) is 0 Å². The molecule has 2 fully saturated rings. The third-order valence-corrected chi connectivity index (χ3v) is 7.54. The van der Waals surface area contributed by atoms with Gasteiger partial charge < -0.3 is 15.3 Å². The SMILES string of the molecule is CC(C)(C)[C@H](C(=O)N1CC(O)CC1C(=O)NCC1CCCc2cccnc21)n1cc(C2CC2)nn1. The van der Waals surface area contributed by atoms with E-state index in [4.69, 9.17) is 0 Å². The molecule has 1 aliphatic heterocycles. The maximum absolute atomic E-state index is 13.9. The molecule has 9 nitrogen and oxygen atoms in total. The zero-order valence-corrected chi connectivity index (χ0v) is 20.9. The summed E-state index contributed by atoms with van der Waals surface area (Å²) in [6.07, 6.45) is 8.45. The zero-order chi connectivity index (χ0) is 24.7. The van der Waals surface area contributed by atoms with Gasteiger partial charge in [-0.25, -0.2) is 4.68 Å². The molecule has 0 spiro atoms. The summed E-state index contributed by atoms with van der Waals surface area (Å²) in [6.45, 7) is 6.59. The number of likely N-dealkylation sites (tertiary alicyclic amines) is 1. The second kappa shape index (κ2) is 9.33. The number of carbonyl (C=O) groups is 2. The molecule has 3 unspecified atom stereocenters. The second-order valence-corrected chi connectivity index (χ2v) is 11.4. The van der Waals surface area contributed by atoms with Gasteiger partial charge in [0.2, 0.25) is 11.8 Å². The third kappa shape index (κ3) is 4.96. The number of aliphatic hydroxyl groups excluding tert-OH is 1. The zero-order valence-electron chi connectivity index (χ0n) is 20.9. The summed E-state index contributed by atoms with van der Waals surface area (Å²) < 4.78 is 1.65. The molecule has 2 aromatic heterocycles. The Labute approximate surface area is 206 Å². The molecule has 3 heterocycles. The van der Waals surface area contributed by atoms with Crippen LogP contribution in [0.15, 0.2) is 24.5 Å². The number of hydrogen-bond acceptors (Lipinski definition) is 6. The van der Waals surface area contributed by atoms with E-state index in [-0.39, 0.29) is 30.7 Å². The number of aliphatic hydroxyl groups is 1. The van der Waals surface area contributed by atoms with Crippen molar-refractivity contribution in [1.82, 2.24) is 30.2 Å². The van der Waals surface area contributed by atoms with Gasteiger partial charge in [-0.1, -0.05) is 32.1 Å². The molecule has 2 N–H and O–H groups in total. The van der Waals surface area contributed by atoms with Crippen LogP contribution in [0.5, 0.6) is 0 Å². The van der Waals surface area contributed by atoms with E-state index in [2.05, 4.69) is 26.7 Å². The van der Waals surface area contributed by atoms with Gasteiger partial charge >= 0.3 is 0 Å². The number of nitrogens with one attached hydrogen (secondary N) is 1. The Morgan fingerprint density at radius 1 is 1.26 bits per heavy atom. The molecule has 2 amide bonds. The average molecular weight is 481 g/mol. The first-order chi connectivity index (χ1) is 16.7. The molecule has 2 aromatic rings. The summed E-state index contributed by atoms with van der Waals surface area (Å²) in [7, 11) is 0. The summed E-state index contributed by atoms with van der Waals surface area (Å²) in [6, 6.07) is 2.74. The summed E-state index contributed by atoms with van der Waals surface area (Å²) in [4.78, 5) is 33.3. The van der Waals surface area contributed by atoms with Crippen LogP contribution in [0, 0.1) is 5.41 Å². The average Bonchev–Trinajstić information content (AvgIpc) is 3.43. The number of carbonyl (C=O) groups excluding carboxylic acids is 2. The molecule has 3 aliphatic rings. The Kier molecular flexibility index (Phi) is 6.38. The first-order valence-electron chi connectivity index (χ1n) is 12.8. The fraction of sp³-hybridized carbons (Fsp3) is 0.654. The van der Waals surface area contributed by atoms with Crippen molar-refractivity contribution in [3.05, 3.63) is 41.5 Å². The van der Waals surface area contributed by atoms with Crippen molar-refractivity contribution in [3.63, 3.8) is 0 Å². The topological polar surface area (TPSA) is 113 Å². The van der Waals surface area contributed by atoms with Crippen LogP contribution in [0.1, 0.15) is 87.7 Å². The van der Waals surface area contributed by atoms with Gasteiger partial charge in [-0.05, 0) is 49.1 Å². The molecule has 0 radical (unpaired) electrons. The number of aryl methyl sites for hydroxylation is 1. The summed E-state index contributed by atoms with van der Waals surface area (Å²) in [5.74, 6) is 0.178. The number of hydrogen-bond donors (Lipinski definition) is 2. The number of amides is 2. The molecule has 5 rings (SSSR count). The molecule has 4 atom stereocenters. The maximum atomic E-state index is 13.9. The van der Waals surface area contributed by atoms with Gasteiger partial charge in [0.05, 0.1) is 11.8 Å². The summed E-state index contributed by atoms with van der Waals surface area (Å²) >= 11 is 0. The van der Waals surface area contributed by atoms with Crippen molar-refractivity contribution < 1.29 is 14.7 Å². The van der Waals surface area contributed by atoms with Crippen LogP contribution in [0.3, 0.4) is 0 Å². The van der Waals surface area contributed by atoms with Crippen LogP contribution in [0.25, 0.3) is 0 Å². The minimum absolute atomic E-state index is 0.140. The molecule has 1 saturated carbocycles. The Bertz CT molecular complexity index is 1090. The summed E-state index contributed by atoms with van der Waals surface area (Å²) in [5.41, 5.74) is 2.78. The van der Waals surface area contributed by atoms with Crippen LogP contribution >= 0.6 is 0 Å². The van der Waals surface area contributed by atoms with Crippen molar-refractivity contribution in [2.75, 3.05) is 13.1 Å². The van der Waals surface area contributed by atoms with Crippen LogP contribution in [0.2, 0.25) is 0 Å². The van der Waals surface area contributed by atoms with Gasteiger partial charge in [-0.2, -0.15) is 0 Å². The Morgan fingerprint density at radius 3 is 2.80 bits per heavy atom. The van der Waals surface area contributed by atoms with Crippen LogP contribution in [-0.2, 0) is 16.0 Å². The van der Waals surface area contributed by atoms with E-state index >= 15 is 0 Å². The lowest BCUT2D eigenvalue weighted by Gasteiger charge is -2.34. The number of fused-ring (bicyclic) bond motifs is 1. The van der Waals surface area contributed by atoms with Crippen molar-refractivity contribution in [2.24, 2.45) is 5.41 Å². The fourth-order valence-electron chi connectivity index (χ4n) is 5.57. The van der Waals surface area contributed by atoms with Crippen LogP contribution in [0.4, 0.5) is 0 Å². The van der Waals surface area contributed by atoms with Gasteiger partial charge in [-0.3, -0.25) is 14.6 Å². The summed E-state index contributed by atoms with van der Waals surface area (Å²) in [5, 5.41) is 22.1. The highest BCUT2D eigenvalue weighted by Gasteiger charge is 2.45. The smallest absolute Gasteiger partial charge is 0.248 e. The second-order valence-electron chi connectivity index (χ2n) is 11.4. The maximum Gasteiger partial charge on any atom is 0.248 e. The van der Waals surface area contributed by atoms with E-state index in [1.54, 1.807) is 15.8 Å². The van der Waals surface area contributed by atoms with Crippen molar-refractivity contribution in [3.8, 4) is 0 Å². The lowest BCUT2D eigenvalue weighted by Crippen LogP contribution is -2.50. The lowest BCUT2D eigenvalue weighted by molar-refractivity contribution is -0.144. The van der Waals surface area contributed by atoms with E-state index in [1.165, 1.54) is 5.56 Å². The van der Waals surface area contributed by atoms with E-state index in [0.717, 1.165) is 43.5 Å². The molecule has 1 saturated heterocycles. The number of β-amino-alcohol motifs (C(OH)–C–C–N with tert-alkyl or cyclic N) is 1. The highest BCUT2D eigenvalue weighted by atomic mass is 16.3. The monoisotopic (exact) mass is 480 g/mol.